The number of carbonyl (C=O) groups is 1. The molecule has 0 aliphatic heterocycles. The van der Waals surface area contributed by atoms with Crippen molar-refractivity contribution in [1.82, 2.24) is 0 Å². The molecule has 13 heavy (non-hydrogen) atoms. The molecule has 0 aromatic carbocycles. The second-order valence-electron chi connectivity index (χ2n) is 5.78. The Morgan fingerprint density at radius 1 is 1.15 bits per heavy atom. The fraction of sp³-hybridized carbons (Fsp3) is 0.909. The van der Waals surface area contributed by atoms with Crippen molar-refractivity contribution in [1.29, 1.82) is 0 Å². The van der Waals surface area contributed by atoms with Gasteiger partial charge in [-0.3, -0.25) is 0 Å². The van der Waals surface area contributed by atoms with E-state index in [2.05, 4.69) is 19.6 Å². The molecule has 0 atom stereocenters. The zero-order valence-electron chi connectivity index (χ0n) is 9.23. The van der Waals surface area contributed by atoms with E-state index in [-0.39, 0.29) is 5.41 Å². The van der Waals surface area contributed by atoms with Crippen LogP contribution in [0.25, 0.3) is 0 Å². The van der Waals surface area contributed by atoms with E-state index in [0.29, 0.717) is 0 Å². The van der Waals surface area contributed by atoms with Crippen LogP contribution in [0.4, 0.5) is 0 Å². The Kier molecular flexibility index (Phi) is 3.33. The predicted octanol–water partition coefficient (Wildman–Crippen LogP) is 3.47. The molecule has 1 rings (SSSR count). The van der Waals surface area contributed by atoms with E-state index in [1.165, 1.54) is 31.6 Å². The highest BCUT2D eigenvalue weighted by molar-refractivity contribution is 6.76. The van der Waals surface area contributed by atoms with Crippen LogP contribution in [0.15, 0.2) is 0 Å². The molecule has 1 aliphatic rings. The van der Waals surface area contributed by atoms with Crippen LogP contribution < -0.4 is 0 Å². The number of aldehydes is 1. The number of rotatable bonds is 3. The van der Waals surface area contributed by atoms with Crippen molar-refractivity contribution in [2.75, 3.05) is 0 Å². The minimum Gasteiger partial charge on any atom is -0.303 e. The van der Waals surface area contributed by atoms with Gasteiger partial charge in [0.15, 0.2) is 0 Å². The molecule has 0 amide bonds. The van der Waals surface area contributed by atoms with Crippen LogP contribution in [-0.4, -0.2) is 14.4 Å². The molecular weight excluding hydrogens is 176 g/mol. The van der Waals surface area contributed by atoms with Gasteiger partial charge in [0.1, 0.15) is 6.29 Å². The fourth-order valence-electron chi connectivity index (χ4n) is 2.65. The lowest BCUT2D eigenvalue weighted by Crippen LogP contribution is -2.35. The smallest absolute Gasteiger partial charge is 0.125 e. The number of hydrogen-bond donors (Lipinski definition) is 0. The quantitative estimate of drug-likeness (QED) is 0.501. The van der Waals surface area contributed by atoms with E-state index < -0.39 is 8.07 Å². The van der Waals surface area contributed by atoms with Crippen LogP contribution in [0.1, 0.15) is 32.1 Å². The van der Waals surface area contributed by atoms with Gasteiger partial charge < -0.3 is 4.79 Å². The summed E-state index contributed by atoms with van der Waals surface area (Å²) in [7, 11) is -1.07. The van der Waals surface area contributed by atoms with Crippen LogP contribution in [0, 0.1) is 5.41 Å². The molecule has 0 aromatic rings. The van der Waals surface area contributed by atoms with E-state index in [1.807, 2.05) is 0 Å². The third-order valence-corrected chi connectivity index (χ3v) is 4.75. The highest BCUT2D eigenvalue weighted by Crippen LogP contribution is 2.40. The molecule has 2 heteroatoms. The third kappa shape index (κ3) is 3.26. The highest BCUT2D eigenvalue weighted by Gasteiger charge is 2.35. The van der Waals surface area contributed by atoms with Crippen molar-refractivity contribution < 1.29 is 4.79 Å². The van der Waals surface area contributed by atoms with Gasteiger partial charge in [0.25, 0.3) is 0 Å². The Labute approximate surface area is 82.9 Å². The first-order valence-electron chi connectivity index (χ1n) is 5.44. The lowest BCUT2D eigenvalue weighted by atomic mass is 9.77. The van der Waals surface area contributed by atoms with Gasteiger partial charge in [0.2, 0.25) is 0 Å². The van der Waals surface area contributed by atoms with Gasteiger partial charge in [0, 0.05) is 13.5 Å². The molecule has 1 fully saturated rings. The average molecular weight is 198 g/mol. The summed E-state index contributed by atoms with van der Waals surface area (Å²) in [4.78, 5) is 11.2. The molecule has 76 valence electrons. The minimum absolute atomic E-state index is 0.0860. The second kappa shape index (κ2) is 3.95. The number of carbonyl (C=O) groups excluding carboxylic acids is 1. The zero-order chi connectivity index (χ0) is 9.95. The Balaban J connectivity index is 2.63. The van der Waals surface area contributed by atoms with E-state index >= 15 is 0 Å². The molecule has 0 unspecified atom stereocenters. The maximum absolute atomic E-state index is 11.2. The maximum Gasteiger partial charge on any atom is 0.125 e. The topological polar surface area (TPSA) is 17.1 Å². The first-order chi connectivity index (χ1) is 5.97. The molecule has 0 N–H and O–H groups in total. The zero-order valence-corrected chi connectivity index (χ0v) is 10.2. The molecule has 1 nitrogen and oxygen atoms in total. The van der Waals surface area contributed by atoms with Gasteiger partial charge in [0.05, 0.1) is 0 Å². The second-order valence-corrected chi connectivity index (χ2v) is 11.3. The number of hydrogen-bond acceptors (Lipinski definition) is 1. The van der Waals surface area contributed by atoms with Gasteiger partial charge in [-0.25, -0.2) is 0 Å². The van der Waals surface area contributed by atoms with Gasteiger partial charge >= 0.3 is 0 Å². The summed E-state index contributed by atoms with van der Waals surface area (Å²) >= 11 is 0. The van der Waals surface area contributed by atoms with E-state index in [1.54, 1.807) is 0 Å². The summed E-state index contributed by atoms with van der Waals surface area (Å²) in [5, 5.41) is 0. The van der Waals surface area contributed by atoms with Crippen LogP contribution in [-0.2, 0) is 4.79 Å². The first-order valence-corrected chi connectivity index (χ1v) is 9.15. The fourth-order valence-corrected chi connectivity index (χ4v) is 5.20. The van der Waals surface area contributed by atoms with E-state index in [9.17, 15) is 4.79 Å². The van der Waals surface area contributed by atoms with Crippen molar-refractivity contribution in [3.8, 4) is 0 Å². The van der Waals surface area contributed by atoms with Crippen molar-refractivity contribution >= 4 is 14.4 Å². The molecule has 0 spiro atoms. The summed E-state index contributed by atoms with van der Waals surface area (Å²) in [6, 6.07) is 1.20. The minimum atomic E-state index is -1.07. The monoisotopic (exact) mass is 198 g/mol. The lowest BCUT2D eigenvalue weighted by molar-refractivity contribution is -0.116. The van der Waals surface area contributed by atoms with E-state index in [4.69, 9.17) is 0 Å². The SMILES string of the molecule is C[Si](C)(C)CC1(C=O)CCCCC1. The van der Waals surface area contributed by atoms with Gasteiger partial charge in [-0.2, -0.15) is 0 Å². The van der Waals surface area contributed by atoms with Crippen molar-refractivity contribution in [2.45, 2.75) is 57.8 Å². The average Bonchev–Trinajstić information content (AvgIpc) is 2.03. The summed E-state index contributed by atoms with van der Waals surface area (Å²) in [5.41, 5.74) is 0.0860. The summed E-state index contributed by atoms with van der Waals surface area (Å²) in [6.07, 6.45) is 7.44. The Hall–Kier alpha value is -0.113. The summed E-state index contributed by atoms with van der Waals surface area (Å²) < 4.78 is 0. The molecule has 0 heterocycles. The predicted molar refractivity (Wildman–Crippen MR) is 59.7 cm³/mol. The molecule has 0 aromatic heterocycles. The summed E-state index contributed by atoms with van der Waals surface area (Å²) in [5.74, 6) is 0. The highest BCUT2D eigenvalue weighted by atomic mass is 28.3. The maximum atomic E-state index is 11.2. The standard InChI is InChI=1S/C11H22OSi/c1-13(2,3)10-11(9-12)7-5-4-6-8-11/h9H,4-8,10H2,1-3H3. The van der Waals surface area contributed by atoms with Crippen LogP contribution in [0.2, 0.25) is 25.7 Å². The third-order valence-electron chi connectivity index (χ3n) is 2.98. The largest absolute Gasteiger partial charge is 0.303 e. The van der Waals surface area contributed by atoms with Crippen LogP contribution in [0.5, 0.6) is 0 Å². The molecule has 1 aliphatic carbocycles. The van der Waals surface area contributed by atoms with Crippen molar-refractivity contribution in [2.24, 2.45) is 5.41 Å². The van der Waals surface area contributed by atoms with Crippen molar-refractivity contribution in [3.63, 3.8) is 0 Å². The molecular formula is C11H22OSi. The molecule has 0 saturated heterocycles. The summed E-state index contributed by atoms with van der Waals surface area (Å²) in [6.45, 7) is 7.10. The Bertz CT molecular complexity index is 175. The normalized spacial score (nSPS) is 22.7. The molecule has 0 radical (unpaired) electrons. The van der Waals surface area contributed by atoms with Crippen LogP contribution >= 0.6 is 0 Å². The Morgan fingerprint density at radius 2 is 1.69 bits per heavy atom. The van der Waals surface area contributed by atoms with Gasteiger partial charge in [-0.1, -0.05) is 38.9 Å². The Morgan fingerprint density at radius 3 is 2.08 bits per heavy atom. The van der Waals surface area contributed by atoms with Crippen molar-refractivity contribution in [3.05, 3.63) is 0 Å². The molecule has 1 saturated carbocycles. The van der Waals surface area contributed by atoms with E-state index in [0.717, 1.165) is 12.8 Å². The lowest BCUT2D eigenvalue weighted by Gasteiger charge is -2.36. The van der Waals surface area contributed by atoms with Gasteiger partial charge in [-0.05, 0) is 18.9 Å². The first kappa shape index (κ1) is 11.0. The van der Waals surface area contributed by atoms with Crippen LogP contribution in [0.3, 0.4) is 0 Å². The molecule has 0 bridgehead atoms. The van der Waals surface area contributed by atoms with Gasteiger partial charge in [-0.15, -0.1) is 0 Å².